The molecule has 0 fully saturated rings. The number of halogens is 3. The van der Waals surface area contributed by atoms with Crippen LogP contribution in [0.25, 0.3) is 5.69 Å². The summed E-state index contributed by atoms with van der Waals surface area (Å²) in [6.45, 7) is 1.42. The van der Waals surface area contributed by atoms with Crippen LogP contribution < -0.4 is 16.5 Å². The molecule has 0 unspecified atom stereocenters. The van der Waals surface area contributed by atoms with Crippen molar-refractivity contribution in [2.24, 2.45) is 5.73 Å². The molecule has 2 aromatic heterocycles. The van der Waals surface area contributed by atoms with Crippen LogP contribution in [0.3, 0.4) is 0 Å². The van der Waals surface area contributed by atoms with E-state index in [1.165, 1.54) is 36.5 Å². The van der Waals surface area contributed by atoms with Crippen molar-refractivity contribution in [3.05, 3.63) is 73.5 Å². The number of nitrogens with one attached hydrogen (secondary N) is 1. The Morgan fingerprint density at radius 1 is 1.15 bits per heavy atom. The lowest BCUT2D eigenvalue weighted by atomic mass is 10.1. The number of fused-ring (bicyclic) bond motifs is 1. The zero-order chi connectivity index (χ0) is 24.6. The molecular weight excluding hydrogens is 469 g/mol. The number of thiophene rings is 1. The van der Waals surface area contributed by atoms with Crippen molar-refractivity contribution < 1.29 is 22.8 Å². The molecule has 0 atom stereocenters. The number of carbonyl (C=O) groups is 2. The van der Waals surface area contributed by atoms with E-state index in [4.69, 9.17) is 5.73 Å². The molecule has 2 heterocycles. The van der Waals surface area contributed by atoms with Gasteiger partial charge in [-0.05, 0) is 50.3 Å². The van der Waals surface area contributed by atoms with Gasteiger partial charge in [-0.3, -0.25) is 14.4 Å². The topological polar surface area (TPSA) is 107 Å². The minimum absolute atomic E-state index is 0.124. The Labute approximate surface area is 196 Å². The molecule has 0 saturated carbocycles. The van der Waals surface area contributed by atoms with Gasteiger partial charge >= 0.3 is 6.18 Å². The number of primary amides is 1. The van der Waals surface area contributed by atoms with Crippen LogP contribution in [0.15, 0.2) is 35.1 Å². The van der Waals surface area contributed by atoms with Gasteiger partial charge in [0, 0.05) is 16.6 Å². The van der Waals surface area contributed by atoms with Gasteiger partial charge in [0.2, 0.25) is 5.43 Å². The van der Waals surface area contributed by atoms with Gasteiger partial charge in [0.25, 0.3) is 11.8 Å². The Hall–Kier alpha value is -3.47. The van der Waals surface area contributed by atoms with E-state index in [-0.39, 0.29) is 21.9 Å². The number of aromatic nitrogens is 2. The molecule has 34 heavy (non-hydrogen) atoms. The average Bonchev–Trinajstić information content (AvgIpc) is 2.94. The predicted molar refractivity (Wildman–Crippen MR) is 122 cm³/mol. The largest absolute Gasteiger partial charge is 0.418 e. The first-order valence-corrected chi connectivity index (χ1v) is 11.4. The fourth-order valence-corrected chi connectivity index (χ4v) is 5.39. The number of benzene rings is 1. The van der Waals surface area contributed by atoms with E-state index < -0.39 is 34.7 Å². The summed E-state index contributed by atoms with van der Waals surface area (Å²) in [5, 5.41) is 6.73. The number of nitrogens with two attached hydrogens (primary N) is 1. The normalized spacial score (nSPS) is 13.8. The lowest BCUT2D eigenvalue weighted by molar-refractivity contribution is -0.137. The summed E-state index contributed by atoms with van der Waals surface area (Å²) in [6, 6.07) is 5.79. The van der Waals surface area contributed by atoms with Crippen molar-refractivity contribution in [1.29, 1.82) is 0 Å². The van der Waals surface area contributed by atoms with Crippen molar-refractivity contribution in [2.45, 2.75) is 45.2 Å². The molecule has 3 aromatic rings. The molecule has 178 valence electrons. The van der Waals surface area contributed by atoms with Crippen molar-refractivity contribution in [1.82, 2.24) is 9.78 Å². The maximum absolute atomic E-state index is 13.5. The highest BCUT2D eigenvalue weighted by Crippen LogP contribution is 2.37. The number of rotatable bonds is 4. The van der Waals surface area contributed by atoms with Gasteiger partial charge in [-0.25, -0.2) is 4.68 Å². The fourth-order valence-electron chi connectivity index (χ4n) is 4.10. The lowest BCUT2D eigenvalue weighted by Gasteiger charge is -2.16. The number of hydrogen-bond donors (Lipinski definition) is 2. The highest BCUT2D eigenvalue weighted by Gasteiger charge is 2.34. The van der Waals surface area contributed by atoms with Crippen LogP contribution in [-0.2, 0) is 19.0 Å². The molecule has 0 spiro atoms. The molecule has 0 aliphatic heterocycles. The Morgan fingerprint density at radius 2 is 1.85 bits per heavy atom. The highest BCUT2D eigenvalue weighted by molar-refractivity contribution is 7.17. The molecule has 4 rings (SSSR count). The second kappa shape index (κ2) is 9.05. The summed E-state index contributed by atoms with van der Waals surface area (Å²) in [7, 11) is 0. The number of amides is 2. The first kappa shape index (κ1) is 23.7. The van der Waals surface area contributed by atoms with E-state index in [0.717, 1.165) is 52.9 Å². The van der Waals surface area contributed by atoms with Gasteiger partial charge in [-0.15, -0.1) is 11.3 Å². The number of aryl methyl sites for hydroxylation is 2. The average molecular weight is 491 g/mol. The summed E-state index contributed by atoms with van der Waals surface area (Å²) in [5.41, 5.74) is 4.10. The molecule has 2 amide bonds. The van der Waals surface area contributed by atoms with Crippen molar-refractivity contribution in [2.75, 3.05) is 5.32 Å². The quantitative estimate of drug-likeness (QED) is 0.534. The highest BCUT2D eigenvalue weighted by atomic mass is 32.1. The number of carbonyl (C=O) groups excluding carboxylic acids is 2. The summed E-state index contributed by atoms with van der Waals surface area (Å²) >= 11 is 1.22. The zero-order valence-corrected chi connectivity index (χ0v) is 19.0. The molecule has 1 aliphatic rings. The van der Waals surface area contributed by atoms with Gasteiger partial charge in [0.1, 0.15) is 5.00 Å². The Balaban J connectivity index is 1.76. The van der Waals surface area contributed by atoms with Gasteiger partial charge in [-0.1, -0.05) is 18.6 Å². The number of anilines is 1. The molecular formula is C23H21F3N4O3S. The number of para-hydroxylation sites is 1. The summed E-state index contributed by atoms with van der Waals surface area (Å²) in [6.07, 6.45) is -0.402. The van der Waals surface area contributed by atoms with Crippen LogP contribution in [0, 0.1) is 6.92 Å². The minimum Gasteiger partial charge on any atom is -0.365 e. The molecule has 11 heteroatoms. The Bertz CT molecular complexity index is 1340. The van der Waals surface area contributed by atoms with Gasteiger partial charge in [-0.2, -0.15) is 18.3 Å². The zero-order valence-electron chi connectivity index (χ0n) is 18.2. The van der Waals surface area contributed by atoms with Crippen molar-refractivity contribution in [3.8, 4) is 5.69 Å². The molecule has 0 radical (unpaired) electrons. The summed E-state index contributed by atoms with van der Waals surface area (Å²) in [5.74, 6) is -1.62. The van der Waals surface area contributed by atoms with Crippen molar-refractivity contribution in [3.63, 3.8) is 0 Å². The third kappa shape index (κ3) is 4.47. The van der Waals surface area contributed by atoms with Crippen LogP contribution >= 0.6 is 11.3 Å². The standard InChI is InChI=1S/C23H21F3N4O3S/c1-12-11-16(31)19(29-30(12)15-9-6-5-8-14(15)23(24,25)26)21(33)28-22-18(20(27)32)13-7-3-2-4-10-17(13)34-22/h5-6,8-9,11H,2-4,7,10H2,1H3,(H2,27,32)(H,28,33). The van der Waals surface area contributed by atoms with Crippen LogP contribution in [0.2, 0.25) is 0 Å². The van der Waals surface area contributed by atoms with E-state index in [1.54, 1.807) is 0 Å². The van der Waals surface area contributed by atoms with Crippen LogP contribution in [0.5, 0.6) is 0 Å². The first-order chi connectivity index (χ1) is 16.1. The van der Waals surface area contributed by atoms with E-state index in [9.17, 15) is 27.6 Å². The number of alkyl halides is 3. The molecule has 1 aliphatic carbocycles. The maximum Gasteiger partial charge on any atom is 0.418 e. The van der Waals surface area contributed by atoms with Gasteiger partial charge < -0.3 is 11.1 Å². The van der Waals surface area contributed by atoms with E-state index >= 15 is 0 Å². The second-order valence-electron chi connectivity index (χ2n) is 8.01. The Kier molecular flexibility index (Phi) is 6.30. The van der Waals surface area contributed by atoms with Gasteiger partial charge in [0.05, 0.1) is 16.8 Å². The molecule has 1 aromatic carbocycles. The molecule has 3 N–H and O–H groups in total. The second-order valence-corrected chi connectivity index (χ2v) is 9.12. The van der Waals surface area contributed by atoms with Crippen LogP contribution in [0.4, 0.5) is 18.2 Å². The summed E-state index contributed by atoms with van der Waals surface area (Å²) in [4.78, 5) is 38.7. The number of hydrogen-bond acceptors (Lipinski definition) is 5. The molecule has 0 bridgehead atoms. The van der Waals surface area contributed by atoms with Crippen molar-refractivity contribution >= 4 is 28.2 Å². The maximum atomic E-state index is 13.5. The SMILES string of the molecule is Cc1cc(=O)c(C(=O)Nc2sc3c(c2C(N)=O)CCCCC3)nn1-c1ccccc1C(F)(F)F. The van der Waals surface area contributed by atoms with E-state index in [0.29, 0.717) is 6.42 Å². The predicted octanol–water partition coefficient (Wildman–Crippen LogP) is 4.24. The van der Waals surface area contributed by atoms with Crippen LogP contribution in [0.1, 0.15) is 61.8 Å². The molecule has 7 nitrogen and oxygen atoms in total. The number of nitrogens with zero attached hydrogens (tertiary/aromatic N) is 2. The smallest absolute Gasteiger partial charge is 0.365 e. The molecule has 0 saturated heterocycles. The first-order valence-electron chi connectivity index (χ1n) is 10.6. The van der Waals surface area contributed by atoms with E-state index in [1.807, 2.05) is 0 Å². The summed E-state index contributed by atoms with van der Waals surface area (Å²) < 4.78 is 41.5. The van der Waals surface area contributed by atoms with E-state index in [2.05, 4.69) is 10.4 Å². The minimum atomic E-state index is -4.67. The Morgan fingerprint density at radius 3 is 2.56 bits per heavy atom. The third-order valence-electron chi connectivity index (χ3n) is 5.65. The third-order valence-corrected chi connectivity index (χ3v) is 6.86. The van der Waals surface area contributed by atoms with Gasteiger partial charge in [0.15, 0.2) is 5.69 Å². The fraction of sp³-hybridized carbons (Fsp3) is 0.304. The van der Waals surface area contributed by atoms with Crippen LogP contribution in [-0.4, -0.2) is 21.6 Å². The monoisotopic (exact) mass is 490 g/mol. The lowest BCUT2D eigenvalue weighted by Crippen LogP contribution is -2.28.